The minimum Gasteiger partial charge on any atom is -0.490 e. The molecule has 1 aromatic rings. The van der Waals surface area contributed by atoms with Crippen LogP contribution >= 0.6 is 0 Å². The largest absolute Gasteiger partial charge is 0.490 e. The zero-order chi connectivity index (χ0) is 17.0. The molecule has 1 saturated heterocycles. The number of amides is 1. The molecule has 0 spiro atoms. The first-order valence-electron chi connectivity index (χ1n) is 8.84. The van der Waals surface area contributed by atoms with Crippen molar-refractivity contribution in [2.45, 2.75) is 19.8 Å². The van der Waals surface area contributed by atoms with Gasteiger partial charge in [-0.15, -0.1) is 0 Å². The van der Waals surface area contributed by atoms with Crippen molar-refractivity contribution in [3.63, 3.8) is 0 Å². The highest BCUT2D eigenvalue weighted by Gasteiger charge is 2.09. The van der Waals surface area contributed by atoms with Gasteiger partial charge >= 0.3 is 0 Å². The lowest BCUT2D eigenvalue weighted by molar-refractivity contribution is -0.121. The predicted octanol–water partition coefficient (Wildman–Crippen LogP) is 1.27. The van der Waals surface area contributed by atoms with Crippen LogP contribution in [0.5, 0.6) is 11.5 Å². The number of carbonyl (C=O) groups is 1. The van der Waals surface area contributed by atoms with E-state index in [2.05, 4.69) is 15.5 Å². The van der Waals surface area contributed by atoms with Gasteiger partial charge in [0.25, 0.3) is 0 Å². The van der Waals surface area contributed by atoms with Gasteiger partial charge in [0.2, 0.25) is 5.91 Å². The van der Waals surface area contributed by atoms with Crippen molar-refractivity contribution >= 4 is 5.91 Å². The summed E-state index contributed by atoms with van der Waals surface area (Å²) in [4.78, 5) is 14.2. The van der Waals surface area contributed by atoms with Crippen LogP contribution in [0.3, 0.4) is 0 Å². The molecule has 6 nitrogen and oxygen atoms in total. The molecule has 2 rings (SSSR count). The van der Waals surface area contributed by atoms with E-state index in [1.165, 1.54) is 0 Å². The minimum atomic E-state index is 0.0897. The number of piperazine rings is 1. The molecule has 0 radical (unpaired) electrons. The molecule has 1 heterocycles. The smallest absolute Gasteiger partial charge is 0.220 e. The molecule has 1 aliphatic heterocycles. The van der Waals surface area contributed by atoms with Crippen LogP contribution in [0.15, 0.2) is 24.3 Å². The summed E-state index contributed by atoms with van der Waals surface area (Å²) in [5.74, 6) is 1.57. The molecule has 0 bridgehead atoms. The third-order valence-corrected chi connectivity index (χ3v) is 3.91. The van der Waals surface area contributed by atoms with Crippen LogP contribution in [-0.2, 0) is 4.79 Å². The first-order chi connectivity index (χ1) is 11.8. The van der Waals surface area contributed by atoms with Gasteiger partial charge in [0.05, 0.1) is 13.2 Å². The van der Waals surface area contributed by atoms with Crippen LogP contribution < -0.4 is 20.1 Å². The molecule has 0 saturated carbocycles. The zero-order valence-corrected chi connectivity index (χ0v) is 14.6. The lowest BCUT2D eigenvalue weighted by Crippen LogP contribution is -2.46. The highest BCUT2D eigenvalue weighted by atomic mass is 16.5. The summed E-state index contributed by atoms with van der Waals surface area (Å²) >= 11 is 0. The highest BCUT2D eigenvalue weighted by molar-refractivity contribution is 5.75. The molecule has 6 heteroatoms. The second-order valence-electron chi connectivity index (χ2n) is 5.77. The molecule has 0 atom stereocenters. The van der Waals surface area contributed by atoms with Crippen molar-refractivity contribution in [1.29, 1.82) is 0 Å². The average Bonchev–Trinajstić information content (AvgIpc) is 2.61. The van der Waals surface area contributed by atoms with E-state index in [0.29, 0.717) is 32.6 Å². The van der Waals surface area contributed by atoms with Gasteiger partial charge < -0.3 is 20.1 Å². The Morgan fingerprint density at radius 1 is 1.21 bits per heavy atom. The lowest BCUT2D eigenvalue weighted by atomic mass is 10.3. The molecule has 2 N–H and O–H groups in total. The molecule has 1 aromatic carbocycles. The third kappa shape index (κ3) is 6.76. The predicted molar refractivity (Wildman–Crippen MR) is 94.7 cm³/mol. The topological polar surface area (TPSA) is 62.8 Å². The Morgan fingerprint density at radius 3 is 2.62 bits per heavy atom. The number of ether oxygens (including phenoxy) is 2. The fourth-order valence-electron chi connectivity index (χ4n) is 2.64. The van der Waals surface area contributed by atoms with Crippen molar-refractivity contribution in [2.75, 3.05) is 52.5 Å². The molecule has 134 valence electrons. The minimum absolute atomic E-state index is 0.0897. The first-order valence-corrected chi connectivity index (χ1v) is 8.84. The van der Waals surface area contributed by atoms with E-state index in [4.69, 9.17) is 9.47 Å². The van der Waals surface area contributed by atoms with E-state index < -0.39 is 0 Å². The van der Waals surface area contributed by atoms with E-state index >= 15 is 0 Å². The Morgan fingerprint density at radius 2 is 1.92 bits per heavy atom. The lowest BCUT2D eigenvalue weighted by Gasteiger charge is -2.27. The van der Waals surface area contributed by atoms with Crippen LogP contribution in [-0.4, -0.2) is 63.3 Å². The van der Waals surface area contributed by atoms with Crippen LogP contribution in [0.2, 0.25) is 0 Å². The number of rotatable bonds is 10. The maximum Gasteiger partial charge on any atom is 0.220 e. The van der Waals surface area contributed by atoms with Gasteiger partial charge in [-0.3, -0.25) is 9.69 Å². The molecule has 1 aliphatic rings. The molecular weight excluding hydrogens is 306 g/mol. The molecule has 1 amide bonds. The Balaban J connectivity index is 1.56. The summed E-state index contributed by atoms with van der Waals surface area (Å²) < 4.78 is 11.2. The zero-order valence-electron chi connectivity index (χ0n) is 14.6. The van der Waals surface area contributed by atoms with E-state index in [1.54, 1.807) is 0 Å². The molecule has 0 unspecified atom stereocenters. The van der Waals surface area contributed by atoms with Gasteiger partial charge in [-0.2, -0.15) is 0 Å². The van der Waals surface area contributed by atoms with E-state index in [-0.39, 0.29) is 5.91 Å². The van der Waals surface area contributed by atoms with Crippen LogP contribution in [0.4, 0.5) is 0 Å². The highest BCUT2D eigenvalue weighted by Crippen LogP contribution is 2.26. The fourth-order valence-corrected chi connectivity index (χ4v) is 2.64. The van der Waals surface area contributed by atoms with Crippen molar-refractivity contribution in [3.8, 4) is 11.5 Å². The molecule has 0 aliphatic carbocycles. The molecule has 0 aromatic heterocycles. The number of nitrogens with zero attached hydrogens (tertiary/aromatic N) is 1. The summed E-state index contributed by atoms with van der Waals surface area (Å²) in [5.41, 5.74) is 0. The van der Waals surface area contributed by atoms with Gasteiger partial charge in [-0.25, -0.2) is 0 Å². The third-order valence-electron chi connectivity index (χ3n) is 3.91. The van der Waals surface area contributed by atoms with E-state index in [1.807, 2.05) is 31.2 Å². The van der Waals surface area contributed by atoms with Crippen LogP contribution in [0.25, 0.3) is 0 Å². The van der Waals surface area contributed by atoms with Crippen LogP contribution in [0, 0.1) is 0 Å². The van der Waals surface area contributed by atoms with Gasteiger partial charge in [0.1, 0.15) is 0 Å². The van der Waals surface area contributed by atoms with Crippen molar-refractivity contribution in [3.05, 3.63) is 24.3 Å². The van der Waals surface area contributed by atoms with Gasteiger partial charge in [0.15, 0.2) is 11.5 Å². The Hall–Kier alpha value is -1.79. The second-order valence-corrected chi connectivity index (χ2v) is 5.77. The summed E-state index contributed by atoms with van der Waals surface area (Å²) in [5, 5.41) is 6.30. The second kappa shape index (κ2) is 10.9. The average molecular weight is 335 g/mol. The Labute approximate surface area is 144 Å². The van der Waals surface area contributed by atoms with Crippen molar-refractivity contribution in [2.24, 2.45) is 0 Å². The van der Waals surface area contributed by atoms with Crippen molar-refractivity contribution in [1.82, 2.24) is 15.5 Å². The quantitative estimate of drug-likeness (QED) is 0.631. The van der Waals surface area contributed by atoms with Crippen LogP contribution in [0.1, 0.15) is 19.8 Å². The van der Waals surface area contributed by atoms with E-state index in [0.717, 1.165) is 44.2 Å². The number of nitrogens with one attached hydrogen (secondary N) is 2. The number of carbonyl (C=O) groups excluding carboxylic acids is 1. The van der Waals surface area contributed by atoms with Gasteiger partial charge in [-0.1, -0.05) is 12.1 Å². The standard InChI is InChI=1S/C18H29N3O3/c1-2-23-16-6-3-4-7-17(16)24-15-5-8-18(22)20-11-14-21-12-9-19-10-13-21/h3-4,6-7,19H,2,5,8-15H2,1H3,(H,20,22). The van der Waals surface area contributed by atoms with E-state index in [9.17, 15) is 4.79 Å². The number of benzene rings is 1. The van der Waals surface area contributed by atoms with Gasteiger partial charge in [-0.05, 0) is 25.5 Å². The summed E-state index contributed by atoms with van der Waals surface area (Å²) in [6.07, 6.45) is 1.18. The fraction of sp³-hybridized carbons (Fsp3) is 0.611. The molecule has 24 heavy (non-hydrogen) atoms. The maximum absolute atomic E-state index is 11.8. The summed E-state index contributed by atoms with van der Waals surface area (Å²) in [6.45, 7) is 8.89. The first kappa shape index (κ1) is 18.5. The molecule has 1 fully saturated rings. The maximum atomic E-state index is 11.8. The SMILES string of the molecule is CCOc1ccccc1OCCCC(=O)NCCN1CCNCC1. The number of para-hydroxylation sites is 2. The Bertz CT molecular complexity index is 490. The van der Waals surface area contributed by atoms with Gasteiger partial charge in [0, 0.05) is 45.7 Å². The van der Waals surface area contributed by atoms with Crippen molar-refractivity contribution < 1.29 is 14.3 Å². The monoisotopic (exact) mass is 335 g/mol. The normalized spacial score (nSPS) is 15.0. The number of hydrogen-bond donors (Lipinski definition) is 2. The summed E-state index contributed by atoms with van der Waals surface area (Å²) in [6, 6.07) is 7.62. The molecular formula is C18H29N3O3. The summed E-state index contributed by atoms with van der Waals surface area (Å²) in [7, 11) is 0. The number of hydrogen-bond acceptors (Lipinski definition) is 5. The Kier molecular flexibility index (Phi) is 8.41.